The molecule has 0 spiro atoms. The van der Waals surface area contributed by atoms with E-state index in [0.29, 0.717) is 32.5 Å². The van der Waals surface area contributed by atoms with Crippen LogP contribution in [0.2, 0.25) is 0 Å². The SMILES string of the molecule is C=CCOC(=O)NCCC[C@H]1C(=O)N(CCCCCC)C[C@H]2N1C(=O)CN(C)N2C(=O)NCc1ccccc1. The minimum Gasteiger partial charge on any atom is -0.445 e. The van der Waals surface area contributed by atoms with Crippen LogP contribution in [0.1, 0.15) is 51.0 Å². The molecule has 2 aliphatic heterocycles. The number of hydrogen-bond donors (Lipinski definition) is 2. The lowest BCUT2D eigenvalue weighted by molar-refractivity contribution is -0.187. The highest BCUT2D eigenvalue weighted by Gasteiger charge is 2.50. The molecule has 2 atom stereocenters. The number of carbonyl (C=O) groups is 4. The number of amides is 5. The molecule has 5 amide bonds. The molecule has 1 aromatic carbocycles. The highest BCUT2D eigenvalue weighted by molar-refractivity contribution is 5.91. The van der Waals surface area contributed by atoms with Gasteiger partial charge in [-0.2, -0.15) is 0 Å². The molecule has 2 fully saturated rings. The number of carbonyl (C=O) groups excluding carboxylic acids is 4. The summed E-state index contributed by atoms with van der Waals surface area (Å²) in [6.45, 7) is 7.22. The zero-order valence-electron chi connectivity index (χ0n) is 23.1. The molecule has 0 saturated carbocycles. The number of rotatable bonds is 13. The number of hydrazine groups is 1. The summed E-state index contributed by atoms with van der Waals surface area (Å²) in [4.78, 5) is 55.4. The van der Waals surface area contributed by atoms with E-state index in [1.54, 1.807) is 26.9 Å². The summed E-state index contributed by atoms with van der Waals surface area (Å²) in [5.74, 6) is -0.309. The fourth-order valence-corrected chi connectivity index (χ4v) is 5.04. The Morgan fingerprint density at radius 2 is 1.87 bits per heavy atom. The number of nitrogens with one attached hydrogen (secondary N) is 2. The van der Waals surface area contributed by atoms with Gasteiger partial charge in [0.2, 0.25) is 11.8 Å². The van der Waals surface area contributed by atoms with Crippen LogP contribution in [0.25, 0.3) is 0 Å². The predicted molar refractivity (Wildman–Crippen MR) is 147 cm³/mol. The summed E-state index contributed by atoms with van der Waals surface area (Å²) in [5.41, 5.74) is 0.965. The van der Waals surface area contributed by atoms with Crippen LogP contribution in [-0.4, -0.2) is 95.8 Å². The maximum atomic E-state index is 13.6. The molecule has 2 saturated heterocycles. The highest BCUT2D eigenvalue weighted by atomic mass is 16.5. The Kier molecular flexibility index (Phi) is 11.6. The zero-order valence-corrected chi connectivity index (χ0v) is 23.1. The van der Waals surface area contributed by atoms with Crippen LogP contribution in [0.3, 0.4) is 0 Å². The lowest BCUT2D eigenvalue weighted by atomic mass is 10.0. The molecule has 0 unspecified atom stereocenters. The number of benzene rings is 1. The second-order valence-corrected chi connectivity index (χ2v) is 9.90. The summed E-state index contributed by atoms with van der Waals surface area (Å²) in [6, 6.07) is 8.57. The van der Waals surface area contributed by atoms with Crippen molar-refractivity contribution in [3.05, 3.63) is 48.6 Å². The Balaban J connectivity index is 1.74. The van der Waals surface area contributed by atoms with Crippen molar-refractivity contribution in [1.82, 2.24) is 30.5 Å². The second kappa shape index (κ2) is 15.1. The van der Waals surface area contributed by atoms with Crippen LogP contribution in [0, 0.1) is 0 Å². The van der Waals surface area contributed by atoms with Crippen molar-refractivity contribution in [3.8, 4) is 0 Å². The van der Waals surface area contributed by atoms with Crippen molar-refractivity contribution in [2.75, 3.05) is 39.8 Å². The largest absolute Gasteiger partial charge is 0.445 e. The van der Waals surface area contributed by atoms with Gasteiger partial charge in [0.25, 0.3) is 0 Å². The van der Waals surface area contributed by atoms with E-state index in [1.165, 1.54) is 6.08 Å². The normalized spacial score (nSPS) is 19.5. The third kappa shape index (κ3) is 8.19. The third-order valence-electron chi connectivity index (χ3n) is 6.97. The molecule has 2 heterocycles. The second-order valence-electron chi connectivity index (χ2n) is 9.90. The van der Waals surface area contributed by atoms with Crippen LogP contribution >= 0.6 is 0 Å². The van der Waals surface area contributed by atoms with Crippen LogP contribution < -0.4 is 10.6 Å². The quantitative estimate of drug-likeness (QED) is 0.293. The molecule has 11 heteroatoms. The Morgan fingerprint density at radius 3 is 2.59 bits per heavy atom. The Morgan fingerprint density at radius 1 is 1.10 bits per heavy atom. The van der Waals surface area contributed by atoms with Gasteiger partial charge >= 0.3 is 12.1 Å². The first-order valence-electron chi connectivity index (χ1n) is 13.8. The smallest absolute Gasteiger partial charge is 0.407 e. The standard InChI is InChI=1S/C28H42N6O5/c1-4-6-7-11-17-32-20-24-33(23(26(32)36)15-12-16-29-28(38)39-18-5-2)25(35)21-31(3)34(24)27(37)30-19-22-13-9-8-10-14-22/h5,8-10,13-14,23-24H,2,4,6-7,11-12,15-21H2,1,3H3,(H,29,38)(H,30,37)/t23-,24-/m0/s1. The van der Waals surface area contributed by atoms with E-state index in [9.17, 15) is 19.2 Å². The number of ether oxygens (including phenoxy) is 1. The molecule has 11 nitrogen and oxygen atoms in total. The molecule has 39 heavy (non-hydrogen) atoms. The number of fused-ring (bicyclic) bond motifs is 1. The van der Waals surface area contributed by atoms with Crippen molar-refractivity contribution in [1.29, 1.82) is 0 Å². The fraction of sp³-hybridized carbons (Fsp3) is 0.571. The van der Waals surface area contributed by atoms with Gasteiger partial charge in [-0.15, -0.1) is 0 Å². The van der Waals surface area contributed by atoms with Gasteiger partial charge in [-0.05, 0) is 24.8 Å². The molecule has 0 aliphatic carbocycles. The lowest BCUT2D eigenvalue weighted by Crippen LogP contribution is -2.76. The van der Waals surface area contributed by atoms with E-state index in [-0.39, 0.29) is 37.5 Å². The summed E-state index contributed by atoms with van der Waals surface area (Å²) in [5, 5.41) is 8.82. The first-order chi connectivity index (χ1) is 18.9. The number of hydrogen-bond acceptors (Lipinski definition) is 6. The predicted octanol–water partition coefficient (Wildman–Crippen LogP) is 2.70. The molecule has 0 bridgehead atoms. The van der Waals surface area contributed by atoms with E-state index in [1.807, 2.05) is 30.3 Å². The molecule has 0 aromatic heterocycles. The monoisotopic (exact) mass is 542 g/mol. The number of alkyl carbamates (subject to hydrolysis) is 1. The lowest BCUT2D eigenvalue weighted by Gasteiger charge is -2.54. The fourth-order valence-electron chi connectivity index (χ4n) is 5.04. The van der Waals surface area contributed by atoms with E-state index in [2.05, 4.69) is 24.1 Å². The van der Waals surface area contributed by atoms with Crippen molar-refractivity contribution in [2.24, 2.45) is 0 Å². The Hall–Kier alpha value is -3.60. The van der Waals surface area contributed by atoms with Gasteiger partial charge in [0.1, 0.15) is 18.8 Å². The first kappa shape index (κ1) is 29.9. The molecule has 2 N–H and O–H groups in total. The van der Waals surface area contributed by atoms with Gasteiger partial charge < -0.3 is 25.2 Å². The summed E-state index contributed by atoms with van der Waals surface area (Å²) in [7, 11) is 1.72. The van der Waals surface area contributed by atoms with Gasteiger partial charge in [0.05, 0.1) is 13.1 Å². The first-order valence-corrected chi connectivity index (χ1v) is 13.8. The number of piperazine rings is 1. The van der Waals surface area contributed by atoms with E-state index < -0.39 is 18.3 Å². The Bertz CT molecular complexity index is 990. The van der Waals surface area contributed by atoms with Crippen molar-refractivity contribution in [2.45, 2.75) is 64.2 Å². The topological polar surface area (TPSA) is 115 Å². The van der Waals surface area contributed by atoms with Gasteiger partial charge in [0.15, 0.2) is 0 Å². The molecular weight excluding hydrogens is 500 g/mol. The van der Waals surface area contributed by atoms with Crippen LogP contribution in [0.15, 0.2) is 43.0 Å². The van der Waals surface area contributed by atoms with Crippen LogP contribution in [0.5, 0.6) is 0 Å². The summed E-state index contributed by atoms with van der Waals surface area (Å²) >= 11 is 0. The Labute approximate surface area is 231 Å². The molecule has 1 aromatic rings. The van der Waals surface area contributed by atoms with Crippen LogP contribution in [-0.2, 0) is 20.9 Å². The van der Waals surface area contributed by atoms with Gasteiger partial charge in [-0.3, -0.25) is 9.59 Å². The van der Waals surface area contributed by atoms with E-state index in [0.717, 1.165) is 31.2 Å². The maximum Gasteiger partial charge on any atom is 0.407 e. The number of likely N-dealkylation sites (N-methyl/N-ethyl adjacent to an activating group) is 1. The number of urea groups is 1. The summed E-state index contributed by atoms with van der Waals surface area (Å²) in [6.07, 6.45) is 5.18. The molecule has 3 rings (SSSR count). The summed E-state index contributed by atoms with van der Waals surface area (Å²) < 4.78 is 4.93. The van der Waals surface area contributed by atoms with Crippen molar-refractivity contribution >= 4 is 23.9 Å². The molecule has 0 radical (unpaired) electrons. The van der Waals surface area contributed by atoms with Crippen LogP contribution in [0.4, 0.5) is 9.59 Å². The molecular formula is C28H42N6O5. The zero-order chi connectivity index (χ0) is 28.2. The van der Waals surface area contributed by atoms with E-state index >= 15 is 0 Å². The highest BCUT2D eigenvalue weighted by Crippen LogP contribution is 2.28. The van der Waals surface area contributed by atoms with Gasteiger partial charge in [0, 0.05) is 26.7 Å². The average molecular weight is 543 g/mol. The van der Waals surface area contributed by atoms with Crippen molar-refractivity contribution < 1.29 is 23.9 Å². The van der Waals surface area contributed by atoms with E-state index in [4.69, 9.17) is 4.74 Å². The van der Waals surface area contributed by atoms with Gasteiger partial charge in [-0.25, -0.2) is 19.6 Å². The molecule has 2 aliphatic rings. The maximum absolute atomic E-state index is 13.6. The minimum absolute atomic E-state index is 0.0122. The number of nitrogens with zero attached hydrogens (tertiary/aromatic N) is 4. The minimum atomic E-state index is -0.716. The van der Waals surface area contributed by atoms with Gasteiger partial charge in [-0.1, -0.05) is 69.2 Å². The molecule has 214 valence electrons. The van der Waals surface area contributed by atoms with Crippen molar-refractivity contribution in [3.63, 3.8) is 0 Å². The average Bonchev–Trinajstić information content (AvgIpc) is 2.93. The third-order valence-corrected chi connectivity index (χ3v) is 6.97. The number of unbranched alkanes of at least 4 members (excludes halogenated alkanes) is 3.